The van der Waals surface area contributed by atoms with E-state index in [1.54, 1.807) is 36.4 Å². The Morgan fingerprint density at radius 3 is 2.30 bits per heavy atom. The van der Waals surface area contributed by atoms with Crippen molar-refractivity contribution in [2.24, 2.45) is 0 Å². The maximum Gasteiger partial charge on any atom is 0.255 e. The second kappa shape index (κ2) is 11.0. The van der Waals surface area contributed by atoms with Gasteiger partial charge in [-0.2, -0.15) is 4.80 Å². The molecule has 0 bridgehead atoms. The van der Waals surface area contributed by atoms with Crippen molar-refractivity contribution in [2.75, 3.05) is 17.2 Å². The molecule has 0 saturated heterocycles. The Kier molecular flexibility index (Phi) is 7.62. The molecule has 3 aromatic carbocycles. The van der Waals surface area contributed by atoms with Gasteiger partial charge in [0.1, 0.15) is 12.3 Å². The number of anilines is 2. The number of ether oxygens (including phenoxy) is 1. The fourth-order valence-electron chi connectivity index (χ4n) is 3.65. The van der Waals surface area contributed by atoms with Crippen LogP contribution in [0.3, 0.4) is 0 Å². The van der Waals surface area contributed by atoms with Gasteiger partial charge in [0.05, 0.1) is 12.3 Å². The normalized spacial score (nSPS) is 11.1. The third kappa shape index (κ3) is 6.58. The van der Waals surface area contributed by atoms with Crippen LogP contribution in [0.2, 0.25) is 0 Å². The van der Waals surface area contributed by atoms with E-state index in [4.69, 9.17) is 4.74 Å². The minimum atomic E-state index is -0.298. The zero-order valence-corrected chi connectivity index (χ0v) is 21.4. The van der Waals surface area contributed by atoms with Gasteiger partial charge in [-0.25, -0.2) is 0 Å². The van der Waals surface area contributed by atoms with E-state index in [9.17, 15) is 9.59 Å². The maximum atomic E-state index is 12.9. The first-order valence-electron chi connectivity index (χ1n) is 12.0. The van der Waals surface area contributed by atoms with Crippen LogP contribution >= 0.6 is 0 Å². The summed E-state index contributed by atoms with van der Waals surface area (Å²) in [5.41, 5.74) is 3.48. The number of aromatic nitrogens is 4. The number of hydrogen-bond acceptors (Lipinski definition) is 6. The number of rotatable bonds is 8. The number of nitrogens with one attached hydrogen (secondary N) is 2. The molecule has 0 aliphatic rings. The fraction of sp³-hybridized carbons (Fsp3) is 0.250. The topological polar surface area (TPSA) is 111 Å². The molecule has 4 aromatic rings. The number of nitrogens with zero attached hydrogens (tertiary/aromatic N) is 4. The van der Waals surface area contributed by atoms with E-state index in [0.29, 0.717) is 34.9 Å². The Morgan fingerprint density at radius 2 is 1.62 bits per heavy atom. The van der Waals surface area contributed by atoms with E-state index in [0.717, 1.165) is 11.3 Å². The lowest BCUT2D eigenvalue weighted by Crippen LogP contribution is -2.20. The molecular weight excluding hydrogens is 468 g/mol. The summed E-state index contributed by atoms with van der Waals surface area (Å²) in [6, 6.07) is 21.9. The molecule has 0 spiro atoms. The number of amides is 2. The van der Waals surface area contributed by atoms with E-state index in [2.05, 4.69) is 46.8 Å². The Balaban J connectivity index is 1.43. The van der Waals surface area contributed by atoms with E-state index in [-0.39, 0.29) is 23.8 Å². The lowest BCUT2D eigenvalue weighted by atomic mass is 9.86. The molecule has 0 radical (unpaired) electrons. The lowest BCUT2D eigenvalue weighted by Gasteiger charge is -2.19. The average Bonchev–Trinajstić information content (AvgIpc) is 3.33. The molecule has 2 N–H and O–H groups in total. The van der Waals surface area contributed by atoms with Crippen molar-refractivity contribution >= 4 is 23.2 Å². The Bertz CT molecular complexity index is 1370. The van der Waals surface area contributed by atoms with E-state index in [1.807, 2.05) is 43.3 Å². The molecule has 0 aliphatic heterocycles. The average molecular weight is 499 g/mol. The molecule has 4 rings (SSSR count). The summed E-state index contributed by atoms with van der Waals surface area (Å²) < 4.78 is 5.41. The van der Waals surface area contributed by atoms with Crippen LogP contribution < -0.4 is 15.4 Å². The summed E-state index contributed by atoms with van der Waals surface area (Å²) in [5, 5.41) is 18.2. The summed E-state index contributed by atoms with van der Waals surface area (Å²) in [7, 11) is 0. The van der Waals surface area contributed by atoms with Crippen LogP contribution in [0.25, 0.3) is 11.4 Å². The van der Waals surface area contributed by atoms with Gasteiger partial charge in [-0.1, -0.05) is 45.0 Å². The minimum Gasteiger partial charge on any atom is -0.494 e. The predicted octanol–water partition coefficient (Wildman–Crippen LogP) is 4.93. The highest BCUT2D eigenvalue weighted by Crippen LogP contribution is 2.26. The molecule has 1 heterocycles. The van der Waals surface area contributed by atoms with Gasteiger partial charge in [0.2, 0.25) is 11.7 Å². The lowest BCUT2D eigenvalue weighted by molar-refractivity contribution is -0.117. The van der Waals surface area contributed by atoms with Crippen molar-refractivity contribution in [1.82, 2.24) is 20.2 Å². The summed E-state index contributed by atoms with van der Waals surface area (Å²) in [6.07, 6.45) is 0. The van der Waals surface area contributed by atoms with Gasteiger partial charge < -0.3 is 15.4 Å². The molecule has 190 valence electrons. The number of hydrogen-bond donors (Lipinski definition) is 2. The standard InChI is InChI=1S/C28H30N6O3/c1-5-37-22-16-14-21(15-17-22)29-25(35)18-34-32-26(31-33-34)23-8-6-7-9-24(23)30-27(36)19-10-12-20(13-11-19)28(2,3)4/h6-17H,5,18H2,1-4H3,(H,29,35)(H,30,36). The van der Waals surface area contributed by atoms with Crippen LogP contribution in [0.15, 0.2) is 72.8 Å². The number of benzene rings is 3. The molecule has 0 atom stereocenters. The van der Waals surface area contributed by atoms with Crippen LogP contribution in [-0.2, 0) is 16.8 Å². The molecule has 0 fully saturated rings. The summed E-state index contributed by atoms with van der Waals surface area (Å²) in [4.78, 5) is 26.6. The van der Waals surface area contributed by atoms with Crippen LogP contribution in [0.1, 0.15) is 43.6 Å². The smallest absolute Gasteiger partial charge is 0.255 e. The first kappa shape index (κ1) is 25.6. The van der Waals surface area contributed by atoms with Gasteiger partial charge in [-0.3, -0.25) is 9.59 Å². The summed E-state index contributed by atoms with van der Waals surface area (Å²) in [6.45, 7) is 8.75. The second-order valence-electron chi connectivity index (χ2n) is 9.48. The zero-order valence-electron chi connectivity index (χ0n) is 21.4. The van der Waals surface area contributed by atoms with Crippen molar-refractivity contribution in [2.45, 2.75) is 39.7 Å². The molecule has 37 heavy (non-hydrogen) atoms. The van der Waals surface area contributed by atoms with E-state index in [1.165, 1.54) is 4.80 Å². The van der Waals surface area contributed by atoms with Gasteiger partial charge in [-0.05, 0) is 71.6 Å². The molecule has 1 aromatic heterocycles. The summed E-state index contributed by atoms with van der Waals surface area (Å²) in [5.74, 6) is 0.493. The van der Waals surface area contributed by atoms with Crippen molar-refractivity contribution in [3.63, 3.8) is 0 Å². The van der Waals surface area contributed by atoms with Crippen molar-refractivity contribution in [3.8, 4) is 17.1 Å². The van der Waals surface area contributed by atoms with Crippen LogP contribution in [0.5, 0.6) is 5.75 Å². The van der Waals surface area contributed by atoms with Crippen LogP contribution in [-0.4, -0.2) is 38.6 Å². The van der Waals surface area contributed by atoms with Crippen molar-refractivity contribution in [1.29, 1.82) is 0 Å². The Morgan fingerprint density at radius 1 is 0.919 bits per heavy atom. The monoisotopic (exact) mass is 498 g/mol. The molecule has 9 nitrogen and oxygen atoms in total. The highest BCUT2D eigenvalue weighted by molar-refractivity contribution is 6.06. The number of carbonyl (C=O) groups excluding carboxylic acids is 2. The molecule has 0 aliphatic carbocycles. The van der Waals surface area contributed by atoms with E-state index >= 15 is 0 Å². The highest BCUT2D eigenvalue weighted by Gasteiger charge is 2.17. The van der Waals surface area contributed by atoms with Gasteiger partial charge in [0.15, 0.2) is 0 Å². The zero-order chi connectivity index (χ0) is 26.4. The number of para-hydroxylation sites is 1. The molecule has 2 amide bonds. The van der Waals surface area contributed by atoms with E-state index < -0.39 is 0 Å². The molecular formula is C28H30N6O3. The van der Waals surface area contributed by atoms with Gasteiger partial charge in [0.25, 0.3) is 5.91 Å². The van der Waals surface area contributed by atoms with Crippen molar-refractivity contribution < 1.29 is 14.3 Å². The maximum absolute atomic E-state index is 12.9. The van der Waals surface area contributed by atoms with Crippen LogP contribution in [0.4, 0.5) is 11.4 Å². The third-order valence-electron chi connectivity index (χ3n) is 5.62. The first-order chi connectivity index (χ1) is 17.7. The van der Waals surface area contributed by atoms with Gasteiger partial charge >= 0.3 is 0 Å². The number of carbonyl (C=O) groups is 2. The Labute approximate surface area is 215 Å². The van der Waals surface area contributed by atoms with Gasteiger partial charge in [-0.15, -0.1) is 10.2 Å². The summed E-state index contributed by atoms with van der Waals surface area (Å²) >= 11 is 0. The number of tetrazole rings is 1. The molecule has 0 unspecified atom stereocenters. The highest BCUT2D eigenvalue weighted by atomic mass is 16.5. The predicted molar refractivity (Wildman–Crippen MR) is 143 cm³/mol. The Hall–Kier alpha value is -4.53. The van der Waals surface area contributed by atoms with Gasteiger partial charge in [0, 0.05) is 16.8 Å². The largest absolute Gasteiger partial charge is 0.494 e. The first-order valence-corrected chi connectivity index (χ1v) is 12.0. The minimum absolute atomic E-state index is 0.00419. The molecule has 9 heteroatoms. The van der Waals surface area contributed by atoms with Crippen molar-refractivity contribution in [3.05, 3.63) is 83.9 Å². The second-order valence-corrected chi connectivity index (χ2v) is 9.48. The SMILES string of the molecule is CCOc1ccc(NC(=O)Cn2nnc(-c3ccccc3NC(=O)c3ccc(C(C)(C)C)cc3)n2)cc1. The third-order valence-corrected chi connectivity index (χ3v) is 5.62. The fourth-order valence-corrected chi connectivity index (χ4v) is 3.65. The molecule has 0 saturated carbocycles. The quantitative estimate of drug-likeness (QED) is 0.356. The van der Waals surface area contributed by atoms with Crippen LogP contribution in [0, 0.1) is 0 Å².